The van der Waals surface area contributed by atoms with E-state index in [0.29, 0.717) is 5.92 Å². The van der Waals surface area contributed by atoms with E-state index in [4.69, 9.17) is 0 Å². The van der Waals surface area contributed by atoms with Gasteiger partial charge >= 0.3 is 0 Å². The Morgan fingerprint density at radius 3 is 2.65 bits per heavy atom. The van der Waals surface area contributed by atoms with Gasteiger partial charge in [0.15, 0.2) is 0 Å². The van der Waals surface area contributed by atoms with Crippen LogP contribution in [0, 0.1) is 0 Å². The molecule has 0 unspecified atom stereocenters. The third-order valence-corrected chi connectivity index (χ3v) is 3.00. The highest BCUT2D eigenvalue weighted by Gasteiger charge is 2.05. The quantitative estimate of drug-likeness (QED) is 0.885. The molecule has 0 aliphatic rings. The fraction of sp³-hybridized carbons (Fsp3) is 0.214. The minimum absolute atomic E-state index is 0.499. The Morgan fingerprint density at radius 2 is 1.94 bits per heavy atom. The summed E-state index contributed by atoms with van der Waals surface area (Å²) in [4.78, 5) is 4.15. The topological polar surface area (TPSA) is 24.9 Å². The van der Waals surface area contributed by atoms with E-state index in [-0.39, 0.29) is 0 Å². The van der Waals surface area contributed by atoms with Crippen LogP contribution in [0.2, 0.25) is 0 Å². The van der Waals surface area contributed by atoms with Gasteiger partial charge < -0.3 is 5.32 Å². The zero-order valence-corrected chi connectivity index (χ0v) is 11.5. The number of nitrogens with zero attached hydrogens (tertiary/aromatic N) is 1. The van der Waals surface area contributed by atoms with E-state index in [1.165, 1.54) is 5.56 Å². The molecule has 17 heavy (non-hydrogen) atoms. The molecule has 0 saturated carbocycles. The number of benzene rings is 1. The Labute approximate surface area is 110 Å². The van der Waals surface area contributed by atoms with E-state index in [0.717, 1.165) is 15.8 Å². The predicted octanol–water partition coefficient (Wildman–Crippen LogP) is 4.71. The van der Waals surface area contributed by atoms with Gasteiger partial charge in [-0.05, 0) is 39.5 Å². The van der Waals surface area contributed by atoms with Gasteiger partial charge in [-0.3, -0.25) is 4.98 Å². The number of pyridine rings is 1. The average molecular weight is 291 g/mol. The van der Waals surface area contributed by atoms with Crippen LogP contribution in [-0.2, 0) is 0 Å². The summed E-state index contributed by atoms with van der Waals surface area (Å²) in [6.45, 7) is 4.39. The number of rotatable bonds is 3. The van der Waals surface area contributed by atoms with Crippen LogP contribution in [0.5, 0.6) is 0 Å². The molecule has 1 N–H and O–H groups in total. The molecule has 2 aromatic rings. The van der Waals surface area contributed by atoms with Gasteiger partial charge in [0, 0.05) is 16.4 Å². The second kappa shape index (κ2) is 5.32. The SMILES string of the molecule is CC(C)c1ccccc1Nc1cncc(Br)c1. The maximum absolute atomic E-state index is 4.15. The average Bonchev–Trinajstić information content (AvgIpc) is 2.29. The molecule has 0 fully saturated rings. The van der Waals surface area contributed by atoms with Gasteiger partial charge in [0.2, 0.25) is 0 Å². The summed E-state index contributed by atoms with van der Waals surface area (Å²) >= 11 is 3.42. The van der Waals surface area contributed by atoms with Crippen molar-refractivity contribution in [3.63, 3.8) is 0 Å². The number of halogens is 1. The lowest BCUT2D eigenvalue weighted by Crippen LogP contribution is -1.97. The van der Waals surface area contributed by atoms with Crippen LogP contribution in [0.25, 0.3) is 0 Å². The summed E-state index contributed by atoms with van der Waals surface area (Å²) in [5, 5.41) is 3.40. The van der Waals surface area contributed by atoms with Crippen LogP contribution in [0.1, 0.15) is 25.3 Å². The molecular weight excluding hydrogens is 276 g/mol. The van der Waals surface area contributed by atoms with Crippen molar-refractivity contribution in [1.29, 1.82) is 0 Å². The number of aromatic nitrogens is 1. The molecule has 0 atom stereocenters. The summed E-state index contributed by atoms with van der Waals surface area (Å²) in [6, 6.07) is 10.4. The number of anilines is 2. The van der Waals surface area contributed by atoms with Crippen molar-refractivity contribution < 1.29 is 0 Å². The van der Waals surface area contributed by atoms with Gasteiger partial charge in [0.05, 0.1) is 11.9 Å². The molecule has 1 aromatic heterocycles. The zero-order chi connectivity index (χ0) is 12.3. The fourth-order valence-corrected chi connectivity index (χ4v) is 2.11. The van der Waals surface area contributed by atoms with Gasteiger partial charge in [0.25, 0.3) is 0 Å². The lowest BCUT2D eigenvalue weighted by molar-refractivity contribution is 0.869. The molecule has 0 saturated heterocycles. The standard InChI is InChI=1S/C14H15BrN2/c1-10(2)13-5-3-4-6-14(13)17-12-7-11(15)8-16-9-12/h3-10,17H,1-2H3. The molecule has 88 valence electrons. The second-order valence-electron chi connectivity index (χ2n) is 4.26. The summed E-state index contributed by atoms with van der Waals surface area (Å²) in [6.07, 6.45) is 3.60. The summed E-state index contributed by atoms with van der Waals surface area (Å²) in [7, 11) is 0. The monoisotopic (exact) mass is 290 g/mol. The lowest BCUT2D eigenvalue weighted by Gasteiger charge is -2.14. The van der Waals surface area contributed by atoms with E-state index < -0.39 is 0 Å². The van der Waals surface area contributed by atoms with Crippen LogP contribution in [0.3, 0.4) is 0 Å². The molecule has 3 heteroatoms. The van der Waals surface area contributed by atoms with Crippen molar-refractivity contribution in [2.75, 3.05) is 5.32 Å². The molecule has 1 aromatic carbocycles. The van der Waals surface area contributed by atoms with Gasteiger partial charge in [-0.15, -0.1) is 0 Å². The highest BCUT2D eigenvalue weighted by Crippen LogP contribution is 2.27. The third kappa shape index (κ3) is 3.07. The number of para-hydroxylation sites is 1. The van der Waals surface area contributed by atoms with Crippen LogP contribution in [-0.4, -0.2) is 4.98 Å². The molecule has 2 rings (SSSR count). The van der Waals surface area contributed by atoms with Crippen molar-refractivity contribution in [3.05, 3.63) is 52.8 Å². The van der Waals surface area contributed by atoms with Gasteiger partial charge in [-0.1, -0.05) is 32.0 Å². The molecule has 1 heterocycles. The van der Waals surface area contributed by atoms with Crippen LogP contribution < -0.4 is 5.32 Å². The van der Waals surface area contributed by atoms with Crippen molar-refractivity contribution in [3.8, 4) is 0 Å². The highest BCUT2D eigenvalue weighted by atomic mass is 79.9. The maximum Gasteiger partial charge on any atom is 0.0582 e. The van der Waals surface area contributed by atoms with E-state index in [9.17, 15) is 0 Å². The van der Waals surface area contributed by atoms with Crippen LogP contribution >= 0.6 is 15.9 Å². The smallest absolute Gasteiger partial charge is 0.0582 e. The van der Waals surface area contributed by atoms with Crippen molar-refractivity contribution in [1.82, 2.24) is 4.98 Å². The van der Waals surface area contributed by atoms with Crippen molar-refractivity contribution >= 4 is 27.3 Å². The fourth-order valence-electron chi connectivity index (χ4n) is 1.75. The van der Waals surface area contributed by atoms with Gasteiger partial charge in [-0.25, -0.2) is 0 Å². The Balaban J connectivity index is 2.30. The summed E-state index contributed by atoms with van der Waals surface area (Å²) < 4.78 is 0.976. The van der Waals surface area contributed by atoms with Gasteiger partial charge in [-0.2, -0.15) is 0 Å². The first-order chi connectivity index (χ1) is 8.16. The maximum atomic E-state index is 4.15. The normalized spacial score (nSPS) is 10.6. The molecule has 2 nitrogen and oxygen atoms in total. The molecule has 0 bridgehead atoms. The first-order valence-electron chi connectivity index (χ1n) is 5.63. The van der Waals surface area contributed by atoms with Crippen LogP contribution in [0.4, 0.5) is 11.4 Å². The minimum atomic E-state index is 0.499. The number of hydrogen-bond acceptors (Lipinski definition) is 2. The predicted molar refractivity (Wildman–Crippen MR) is 75.8 cm³/mol. The van der Waals surface area contributed by atoms with E-state index >= 15 is 0 Å². The Bertz CT molecular complexity index is 509. The number of hydrogen-bond donors (Lipinski definition) is 1. The zero-order valence-electron chi connectivity index (χ0n) is 9.94. The summed E-state index contributed by atoms with van der Waals surface area (Å²) in [5.41, 5.74) is 3.45. The first-order valence-corrected chi connectivity index (χ1v) is 6.42. The van der Waals surface area contributed by atoms with Crippen LogP contribution in [0.15, 0.2) is 47.2 Å². The van der Waals surface area contributed by atoms with E-state index in [1.807, 2.05) is 18.3 Å². The van der Waals surface area contributed by atoms with E-state index in [1.54, 1.807) is 6.20 Å². The molecule has 0 spiro atoms. The van der Waals surface area contributed by atoms with Crippen molar-refractivity contribution in [2.24, 2.45) is 0 Å². The Morgan fingerprint density at radius 1 is 1.18 bits per heavy atom. The molecule has 0 aliphatic carbocycles. The molecule has 0 radical (unpaired) electrons. The van der Waals surface area contributed by atoms with E-state index in [2.05, 4.69) is 58.3 Å². The van der Waals surface area contributed by atoms with Crippen molar-refractivity contribution in [2.45, 2.75) is 19.8 Å². The first kappa shape index (κ1) is 12.1. The largest absolute Gasteiger partial charge is 0.354 e. The lowest BCUT2D eigenvalue weighted by atomic mass is 10.0. The second-order valence-corrected chi connectivity index (χ2v) is 5.17. The Kier molecular flexibility index (Phi) is 3.79. The molecular formula is C14H15BrN2. The number of nitrogens with one attached hydrogen (secondary N) is 1. The third-order valence-electron chi connectivity index (χ3n) is 2.57. The van der Waals surface area contributed by atoms with Gasteiger partial charge in [0.1, 0.15) is 0 Å². The minimum Gasteiger partial charge on any atom is -0.354 e. The Hall–Kier alpha value is -1.35. The highest BCUT2D eigenvalue weighted by molar-refractivity contribution is 9.10. The molecule has 0 amide bonds. The molecule has 0 aliphatic heterocycles. The summed E-state index contributed by atoms with van der Waals surface area (Å²) in [5.74, 6) is 0.499.